The number of carbonyl (C=O) groups is 2. The Balaban J connectivity index is 2.63. The zero-order chi connectivity index (χ0) is 13.1. The molecular weight excluding hydrogens is 218 g/mol. The second kappa shape index (κ2) is 4.86. The monoisotopic (exact) mass is 235 g/mol. The number of hydrogen-bond donors (Lipinski definition) is 3. The van der Waals surface area contributed by atoms with Gasteiger partial charge >= 0.3 is 0 Å². The van der Waals surface area contributed by atoms with E-state index >= 15 is 0 Å². The smallest absolute Gasteiger partial charge is 0.271 e. The molecule has 17 heavy (non-hydrogen) atoms. The SMILES string of the molecule is CC(C)(C)C(=O)NNC(=O)c1ccccc1N. The number of para-hydroxylation sites is 1. The fourth-order valence-corrected chi connectivity index (χ4v) is 1.07. The van der Waals surface area contributed by atoms with Crippen LogP contribution in [0.1, 0.15) is 31.1 Å². The highest BCUT2D eigenvalue weighted by Crippen LogP contribution is 2.12. The molecule has 0 aromatic heterocycles. The van der Waals surface area contributed by atoms with Gasteiger partial charge in [-0.3, -0.25) is 20.4 Å². The van der Waals surface area contributed by atoms with Crippen molar-refractivity contribution in [3.05, 3.63) is 29.8 Å². The van der Waals surface area contributed by atoms with Gasteiger partial charge < -0.3 is 5.73 Å². The summed E-state index contributed by atoms with van der Waals surface area (Å²) in [6.45, 7) is 5.27. The number of hydrogen-bond acceptors (Lipinski definition) is 3. The Hall–Kier alpha value is -2.04. The van der Waals surface area contributed by atoms with E-state index in [0.717, 1.165) is 0 Å². The zero-order valence-electron chi connectivity index (χ0n) is 10.2. The van der Waals surface area contributed by atoms with E-state index in [4.69, 9.17) is 5.73 Å². The third-order valence-electron chi connectivity index (χ3n) is 2.18. The van der Waals surface area contributed by atoms with Crippen LogP contribution < -0.4 is 16.6 Å². The number of rotatable bonds is 1. The molecule has 5 heteroatoms. The molecule has 92 valence electrons. The number of amides is 2. The highest BCUT2D eigenvalue weighted by molar-refractivity contribution is 6.00. The number of nitrogens with one attached hydrogen (secondary N) is 2. The average molecular weight is 235 g/mol. The second-order valence-electron chi connectivity index (χ2n) is 4.75. The minimum atomic E-state index is -0.560. The lowest BCUT2D eigenvalue weighted by atomic mass is 9.96. The van der Waals surface area contributed by atoms with E-state index in [1.54, 1.807) is 45.0 Å². The molecule has 0 saturated carbocycles. The van der Waals surface area contributed by atoms with Gasteiger partial charge in [0.25, 0.3) is 5.91 Å². The van der Waals surface area contributed by atoms with Gasteiger partial charge in [-0.15, -0.1) is 0 Å². The number of benzene rings is 1. The molecule has 5 nitrogen and oxygen atoms in total. The molecule has 0 aliphatic heterocycles. The first-order valence-electron chi connectivity index (χ1n) is 5.27. The van der Waals surface area contributed by atoms with Crippen molar-refractivity contribution in [2.24, 2.45) is 5.41 Å². The standard InChI is InChI=1S/C12H17N3O2/c1-12(2,3)11(17)15-14-10(16)8-6-4-5-7-9(8)13/h4-7H,13H2,1-3H3,(H,14,16)(H,15,17). The summed E-state index contributed by atoms with van der Waals surface area (Å²) >= 11 is 0. The van der Waals surface area contributed by atoms with Crippen molar-refractivity contribution >= 4 is 17.5 Å². The van der Waals surface area contributed by atoms with Gasteiger partial charge in [-0.05, 0) is 12.1 Å². The van der Waals surface area contributed by atoms with E-state index in [0.29, 0.717) is 11.3 Å². The fraction of sp³-hybridized carbons (Fsp3) is 0.333. The summed E-state index contributed by atoms with van der Waals surface area (Å²) in [6.07, 6.45) is 0. The number of carbonyl (C=O) groups excluding carboxylic acids is 2. The minimum Gasteiger partial charge on any atom is -0.398 e. The first-order chi connectivity index (χ1) is 7.82. The summed E-state index contributed by atoms with van der Waals surface area (Å²) in [5.74, 6) is -0.693. The maximum Gasteiger partial charge on any atom is 0.271 e. The molecule has 1 aromatic carbocycles. The molecule has 0 atom stereocenters. The highest BCUT2D eigenvalue weighted by atomic mass is 16.2. The average Bonchev–Trinajstić information content (AvgIpc) is 2.24. The van der Waals surface area contributed by atoms with Crippen LogP contribution >= 0.6 is 0 Å². The quantitative estimate of drug-likeness (QED) is 0.503. The van der Waals surface area contributed by atoms with Gasteiger partial charge in [-0.2, -0.15) is 0 Å². The Labute approximate surface area is 100 Å². The van der Waals surface area contributed by atoms with Crippen molar-refractivity contribution in [1.82, 2.24) is 10.9 Å². The predicted octanol–water partition coefficient (Wildman–Crippen LogP) is 1.08. The summed E-state index contributed by atoms with van der Waals surface area (Å²) < 4.78 is 0. The molecule has 0 saturated heterocycles. The number of hydrazine groups is 1. The summed E-state index contributed by atoms with van der Waals surface area (Å²) in [7, 11) is 0. The number of anilines is 1. The molecule has 0 unspecified atom stereocenters. The van der Waals surface area contributed by atoms with E-state index in [9.17, 15) is 9.59 Å². The molecular formula is C12H17N3O2. The Bertz CT molecular complexity index is 436. The van der Waals surface area contributed by atoms with E-state index in [2.05, 4.69) is 10.9 Å². The highest BCUT2D eigenvalue weighted by Gasteiger charge is 2.21. The van der Waals surface area contributed by atoms with E-state index in [1.807, 2.05) is 0 Å². The summed E-state index contributed by atoms with van der Waals surface area (Å²) in [4.78, 5) is 23.2. The Morgan fingerprint density at radius 2 is 1.71 bits per heavy atom. The maximum atomic E-state index is 11.7. The van der Waals surface area contributed by atoms with Gasteiger partial charge in [0.2, 0.25) is 5.91 Å². The van der Waals surface area contributed by atoms with Crippen molar-refractivity contribution in [2.75, 3.05) is 5.73 Å². The molecule has 0 spiro atoms. The van der Waals surface area contributed by atoms with Crippen LogP contribution in [-0.4, -0.2) is 11.8 Å². The summed E-state index contributed by atoms with van der Waals surface area (Å²) in [5.41, 5.74) is 10.5. The predicted molar refractivity (Wildman–Crippen MR) is 65.9 cm³/mol. The maximum absolute atomic E-state index is 11.7. The first kappa shape index (κ1) is 13.0. The van der Waals surface area contributed by atoms with Crippen LogP contribution in [0.5, 0.6) is 0 Å². The van der Waals surface area contributed by atoms with Crippen LogP contribution in [0.4, 0.5) is 5.69 Å². The molecule has 1 rings (SSSR count). The van der Waals surface area contributed by atoms with Gasteiger partial charge in [-0.1, -0.05) is 32.9 Å². The second-order valence-corrected chi connectivity index (χ2v) is 4.75. The molecule has 0 bridgehead atoms. The van der Waals surface area contributed by atoms with Crippen LogP contribution in [0, 0.1) is 5.41 Å². The Kier molecular flexibility index (Phi) is 3.73. The molecule has 4 N–H and O–H groups in total. The van der Waals surface area contributed by atoms with Crippen molar-refractivity contribution in [3.8, 4) is 0 Å². The van der Waals surface area contributed by atoms with Crippen molar-refractivity contribution in [1.29, 1.82) is 0 Å². The molecule has 0 aliphatic carbocycles. The van der Waals surface area contributed by atoms with Crippen LogP contribution in [0.25, 0.3) is 0 Å². The third-order valence-corrected chi connectivity index (χ3v) is 2.18. The topological polar surface area (TPSA) is 84.2 Å². The lowest BCUT2D eigenvalue weighted by Gasteiger charge is -2.18. The fourth-order valence-electron chi connectivity index (χ4n) is 1.07. The largest absolute Gasteiger partial charge is 0.398 e. The van der Waals surface area contributed by atoms with E-state index in [-0.39, 0.29) is 5.91 Å². The van der Waals surface area contributed by atoms with Crippen LogP contribution in [-0.2, 0) is 4.79 Å². The first-order valence-corrected chi connectivity index (χ1v) is 5.27. The Morgan fingerprint density at radius 1 is 1.12 bits per heavy atom. The lowest BCUT2D eigenvalue weighted by Crippen LogP contribution is -2.46. The van der Waals surface area contributed by atoms with Crippen LogP contribution in [0.15, 0.2) is 24.3 Å². The van der Waals surface area contributed by atoms with Crippen molar-refractivity contribution in [2.45, 2.75) is 20.8 Å². The minimum absolute atomic E-state index is 0.264. The summed E-state index contributed by atoms with van der Waals surface area (Å²) in [6, 6.07) is 6.66. The Morgan fingerprint density at radius 3 is 2.24 bits per heavy atom. The molecule has 0 fully saturated rings. The van der Waals surface area contributed by atoms with E-state index < -0.39 is 11.3 Å². The zero-order valence-corrected chi connectivity index (χ0v) is 10.2. The van der Waals surface area contributed by atoms with Gasteiger partial charge in [0, 0.05) is 11.1 Å². The van der Waals surface area contributed by atoms with Gasteiger partial charge in [0.1, 0.15) is 0 Å². The normalized spacial score (nSPS) is 10.8. The van der Waals surface area contributed by atoms with Gasteiger partial charge in [-0.25, -0.2) is 0 Å². The van der Waals surface area contributed by atoms with Crippen molar-refractivity contribution in [3.63, 3.8) is 0 Å². The van der Waals surface area contributed by atoms with Gasteiger partial charge in [0.05, 0.1) is 5.56 Å². The molecule has 1 aromatic rings. The molecule has 0 aliphatic rings. The molecule has 0 radical (unpaired) electrons. The number of nitrogen functional groups attached to an aromatic ring is 1. The molecule has 2 amide bonds. The van der Waals surface area contributed by atoms with Gasteiger partial charge in [0.15, 0.2) is 0 Å². The third kappa shape index (κ3) is 3.48. The number of nitrogens with two attached hydrogens (primary N) is 1. The molecule has 0 heterocycles. The lowest BCUT2D eigenvalue weighted by molar-refractivity contribution is -0.129. The van der Waals surface area contributed by atoms with E-state index in [1.165, 1.54) is 0 Å². The van der Waals surface area contributed by atoms with Crippen LogP contribution in [0.2, 0.25) is 0 Å². The summed E-state index contributed by atoms with van der Waals surface area (Å²) in [5, 5.41) is 0. The van der Waals surface area contributed by atoms with Crippen LogP contribution in [0.3, 0.4) is 0 Å². The van der Waals surface area contributed by atoms with Crippen molar-refractivity contribution < 1.29 is 9.59 Å².